The third kappa shape index (κ3) is 6.69. The lowest BCUT2D eigenvalue weighted by Crippen LogP contribution is -2.44. The van der Waals surface area contributed by atoms with Crippen LogP contribution in [0.1, 0.15) is 37.8 Å². The van der Waals surface area contributed by atoms with Gasteiger partial charge in [-0.1, -0.05) is 72.4 Å². The molecule has 1 aliphatic rings. The average molecular weight is 439 g/mol. The van der Waals surface area contributed by atoms with E-state index in [0.717, 1.165) is 17.5 Å². The average Bonchev–Trinajstić information content (AvgIpc) is 3.02. The van der Waals surface area contributed by atoms with Gasteiger partial charge in [-0.05, 0) is 37.3 Å². The van der Waals surface area contributed by atoms with Gasteiger partial charge in [-0.2, -0.15) is 0 Å². The molecule has 1 fully saturated rings. The van der Waals surface area contributed by atoms with Crippen LogP contribution in [0.25, 0.3) is 0 Å². The second kappa shape index (κ2) is 11.1. The molecule has 5 nitrogen and oxygen atoms in total. The van der Waals surface area contributed by atoms with E-state index in [1.54, 1.807) is 0 Å². The number of amides is 2. The van der Waals surface area contributed by atoms with Crippen molar-refractivity contribution in [2.24, 2.45) is 5.92 Å². The fourth-order valence-corrected chi connectivity index (χ4v) is 4.66. The van der Waals surface area contributed by atoms with Crippen molar-refractivity contribution >= 4 is 28.7 Å². The number of thioether (sulfide) groups is 1. The molecule has 0 radical (unpaired) electrons. The van der Waals surface area contributed by atoms with Crippen molar-refractivity contribution in [3.05, 3.63) is 71.8 Å². The van der Waals surface area contributed by atoms with E-state index < -0.39 is 6.04 Å². The SMILES string of the molecule is CC(=O)SCC(CCc1ccccc1)C(=O)NC1CC(C)N(Cc2ccccc2)C1=O. The number of rotatable bonds is 9. The lowest BCUT2D eigenvalue weighted by Gasteiger charge is -2.22. The number of likely N-dealkylation sites (tertiary alicyclic amines) is 1. The molecule has 0 aromatic heterocycles. The highest BCUT2D eigenvalue weighted by molar-refractivity contribution is 8.13. The second-order valence-electron chi connectivity index (χ2n) is 8.12. The van der Waals surface area contributed by atoms with E-state index >= 15 is 0 Å². The lowest BCUT2D eigenvalue weighted by atomic mass is 9.99. The summed E-state index contributed by atoms with van der Waals surface area (Å²) in [4.78, 5) is 39.3. The fourth-order valence-electron chi connectivity index (χ4n) is 3.90. The topological polar surface area (TPSA) is 66.5 Å². The van der Waals surface area contributed by atoms with E-state index in [1.807, 2.05) is 72.5 Å². The van der Waals surface area contributed by atoms with Crippen molar-refractivity contribution in [3.63, 3.8) is 0 Å². The summed E-state index contributed by atoms with van der Waals surface area (Å²) in [7, 11) is 0. The summed E-state index contributed by atoms with van der Waals surface area (Å²) in [6.07, 6.45) is 2.00. The van der Waals surface area contributed by atoms with Crippen LogP contribution in [-0.4, -0.2) is 39.7 Å². The van der Waals surface area contributed by atoms with E-state index in [4.69, 9.17) is 0 Å². The third-order valence-electron chi connectivity index (χ3n) is 5.69. The van der Waals surface area contributed by atoms with Crippen molar-refractivity contribution in [2.75, 3.05) is 5.75 Å². The fraction of sp³-hybridized carbons (Fsp3) is 0.400. The van der Waals surface area contributed by atoms with E-state index in [-0.39, 0.29) is 28.9 Å². The Morgan fingerprint density at radius 2 is 1.68 bits per heavy atom. The summed E-state index contributed by atoms with van der Waals surface area (Å²) < 4.78 is 0. The van der Waals surface area contributed by atoms with Crippen LogP contribution in [0.5, 0.6) is 0 Å². The molecule has 1 heterocycles. The number of hydrogen-bond donors (Lipinski definition) is 1. The molecule has 6 heteroatoms. The Morgan fingerprint density at radius 1 is 1.06 bits per heavy atom. The zero-order valence-electron chi connectivity index (χ0n) is 18.1. The normalized spacial score (nSPS) is 19.3. The van der Waals surface area contributed by atoms with Gasteiger partial charge in [0, 0.05) is 31.2 Å². The van der Waals surface area contributed by atoms with Gasteiger partial charge in [0.1, 0.15) is 6.04 Å². The van der Waals surface area contributed by atoms with E-state index in [1.165, 1.54) is 18.7 Å². The molecular formula is C25H30N2O3S. The number of hydrogen-bond acceptors (Lipinski definition) is 4. The highest BCUT2D eigenvalue weighted by Gasteiger charge is 2.38. The minimum atomic E-state index is -0.507. The summed E-state index contributed by atoms with van der Waals surface area (Å²) in [5, 5.41) is 2.98. The molecule has 3 rings (SSSR count). The van der Waals surface area contributed by atoms with Gasteiger partial charge in [0.15, 0.2) is 5.12 Å². The number of nitrogens with zero attached hydrogens (tertiary/aromatic N) is 1. The second-order valence-corrected chi connectivity index (χ2v) is 9.32. The smallest absolute Gasteiger partial charge is 0.245 e. The summed E-state index contributed by atoms with van der Waals surface area (Å²) in [5.41, 5.74) is 2.24. The summed E-state index contributed by atoms with van der Waals surface area (Å²) in [6.45, 7) is 4.08. The van der Waals surface area contributed by atoms with Crippen LogP contribution in [0.15, 0.2) is 60.7 Å². The Kier molecular flexibility index (Phi) is 8.29. The minimum Gasteiger partial charge on any atom is -0.344 e. The molecule has 0 bridgehead atoms. The molecule has 31 heavy (non-hydrogen) atoms. The largest absolute Gasteiger partial charge is 0.344 e. The molecule has 1 N–H and O–H groups in total. The molecule has 1 aliphatic heterocycles. The maximum atomic E-state index is 13.0. The van der Waals surface area contributed by atoms with Crippen LogP contribution in [-0.2, 0) is 27.3 Å². The van der Waals surface area contributed by atoms with Crippen LogP contribution >= 0.6 is 11.8 Å². The molecule has 1 saturated heterocycles. The Bertz CT molecular complexity index is 888. The lowest BCUT2D eigenvalue weighted by molar-refractivity contribution is -0.134. The zero-order chi connectivity index (χ0) is 22.2. The maximum absolute atomic E-state index is 13.0. The maximum Gasteiger partial charge on any atom is 0.245 e. The van der Waals surface area contributed by atoms with Gasteiger partial charge >= 0.3 is 0 Å². The predicted octanol–water partition coefficient (Wildman–Crippen LogP) is 3.82. The zero-order valence-corrected chi connectivity index (χ0v) is 18.9. The quantitative estimate of drug-likeness (QED) is 0.646. The van der Waals surface area contributed by atoms with Crippen molar-refractivity contribution in [1.82, 2.24) is 10.2 Å². The van der Waals surface area contributed by atoms with Gasteiger partial charge in [0.25, 0.3) is 0 Å². The molecule has 2 amide bonds. The van der Waals surface area contributed by atoms with Crippen LogP contribution in [0.3, 0.4) is 0 Å². The van der Waals surface area contributed by atoms with Crippen molar-refractivity contribution in [2.45, 2.75) is 51.7 Å². The van der Waals surface area contributed by atoms with Gasteiger partial charge in [-0.15, -0.1) is 0 Å². The van der Waals surface area contributed by atoms with Crippen molar-refractivity contribution in [3.8, 4) is 0 Å². The van der Waals surface area contributed by atoms with E-state index in [2.05, 4.69) is 5.32 Å². The van der Waals surface area contributed by atoms with Crippen LogP contribution in [0, 0.1) is 5.92 Å². The molecule has 0 aliphatic carbocycles. The molecule has 0 spiro atoms. The number of carbonyl (C=O) groups is 3. The highest BCUT2D eigenvalue weighted by atomic mass is 32.2. The molecule has 2 aromatic rings. The molecular weight excluding hydrogens is 408 g/mol. The van der Waals surface area contributed by atoms with E-state index in [0.29, 0.717) is 25.1 Å². The summed E-state index contributed by atoms with van der Waals surface area (Å²) >= 11 is 1.17. The summed E-state index contributed by atoms with van der Waals surface area (Å²) in [6, 6.07) is 19.4. The van der Waals surface area contributed by atoms with Gasteiger partial charge in [0.05, 0.1) is 0 Å². The molecule has 2 aromatic carbocycles. The Morgan fingerprint density at radius 3 is 2.29 bits per heavy atom. The first-order valence-electron chi connectivity index (χ1n) is 10.8. The number of benzene rings is 2. The first-order valence-corrected chi connectivity index (χ1v) is 11.7. The number of aryl methyl sites for hydroxylation is 1. The molecule has 3 atom stereocenters. The molecule has 3 unspecified atom stereocenters. The Balaban J connectivity index is 1.61. The summed E-state index contributed by atoms with van der Waals surface area (Å²) in [5.74, 6) is -0.0685. The third-order valence-corrected chi connectivity index (χ3v) is 6.66. The van der Waals surface area contributed by atoms with Crippen LogP contribution in [0.4, 0.5) is 0 Å². The van der Waals surface area contributed by atoms with Crippen molar-refractivity contribution in [1.29, 1.82) is 0 Å². The highest BCUT2D eigenvalue weighted by Crippen LogP contribution is 2.23. The van der Waals surface area contributed by atoms with Crippen LogP contribution in [0.2, 0.25) is 0 Å². The van der Waals surface area contributed by atoms with E-state index in [9.17, 15) is 14.4 Å². The minimum absolute atomic E-state index is 0.00267. The van der Waals surface area contributed by atoms with Crippen LogP contribution < -0.4 is 5.32 Å². The van der Waals surface area contributed by atoms with Crippen molar-refractivity contribution < 1.29 is 14.4 Å². The molecule has 0 saturated carbocycles. The standard InChI is InChI=1S/C25H30N2O3S/c1-18-15-23(25(30)27(18)16-21-11-7-4-8-12-21)26-24(29)22(17-31-19(2)28)14-13-20-9-5-3-6-10-20/h3-12,18,22-23H,13-17H2,1-2H3,(H,26,29). The first kappa shape index (κ1) is 23.1. The number of nitrogens with one attached hydrogen (secondary N) is 1. The predicted molar refractivity (Wildman–Crippen MR) is 124 cm³/mol. The molecule has 164 valence electrons. The Labute approximate surface area is 188 Å². The first-order chi connectivity index (χ1) is 14.9. The monoisotopic (exact) mass is 438 g/mol. The number of carbonyl (C=O) groups excluding carboxylic acids is 3. The van der Waals surface area contributed by atoms with Gasteiger partial charge < -0.3 is 10.2 Å². The van der Waals surface area contributed by atoms with Gasteiger partial charge in [0.2, 0.25) is 11.8 Å². The van der Waals surface area contributed by atoms with Gasteiger partial charge in [-0.25, -0.2) is 0 Å². The Hall–Kier alpha value is -2.60. The van der Waals surface area contributed by atoms with Gasteiger partial charge in [-0.3, -0.25) is 14.4 Å².